The summed E-state index contributed by atoms with van der Waals surface area (Å²) in [4.78, 5) is 10.5. The fraction of sp³-hybridized carbons (Fsp3) is 0.300. The van der Waals surface area contributed by atoms with E-state index >= 15 is 0 Å². The molecular formula is C10H16N2O3. The lowest BCUT2D eigenvalue weighted by Crippen LogP contribution is -2.04. The molecule has 15 heavy (non-hydrogen) atoms. The van der Waals surface area contributed by atoms with Gasteiger partial charge >= 0.3 is 0 Å². The molecule has 0 atom stereocenters. The number of aromatic hydroxyl groups is 1. The van der Waals surface area contributed by atoms with Crippen molar-refractivity contribution in [3.8, 4) is 5.75 Å². The first-order valence-corrected chi connectivity index (χ1v) is 4.47. The van der Waals surface area contributed by atoms with Crippen molar-refractivity contribution in [1.82, 2.24) is 0 Å². The predicted octanol–water partition coefficient (Wildman–Crippen LogP) is 0.288. The molecule has 0 bridgehead atoms. The third-order valence-corrected chi connectivity index (χ3v) is 1.32. The molecule has 1 aromatic carbocycles. The summed E-state index contributed by atoms with van der Waals surface area (Å²) in [5.41, 5.74) is 5.47. The largest absolute Gasteiger partial charge is 0.508 e. The van der Waals surface area contributed by atoms with E-state index in [1.54, 1.807) is 12.1 Å². The number of amides is 1. The Morgan fingerprint density at radius 1 is 1.40 bits per heavy atom. The maximum absolute atomic E-state index is 10.5. The van der Waals surface area contributed by atoms with Crippen molar-refractivity contribution in [2.45, 2.75) is 6.92 Å². The minimum atomic E-state index is -0.115. The Morgan fingerprint density at radius 2 is 1.87 bits per heavy atom. The normalized spacial score (nSPS) is 8.73. The molecule has 0 heterocycles. The Kier molecular flexibility index (Phi) is 6.96. The van der Waals surface area contributed by atoms with Gasteiger partial charge in [0.2, 0.25) is 5.91 Å². The second-order valence-corrected chi connectivity index (χ2v) is 2.74. The fourth-order valence-corrected chi connectivity index (χ4v) is 0.748. The number of aliphatic hydroxyl groups is 1. The Labute approximate surface area is 88.5 Å². The van der Waals surface area contributed by atoms with Gasteiger partial charge in [0.15, 0.2) is 0 Å². The highest BCUT2D eigenvalue weighted by Crippen LogP contribution is 2.13. The number of nitrogens with one attached hydrogen (secondary N) is 1. The second kappa shape index (κ2) is 7.78. The molecule has 0 aliphatic rings. The van der Waals surface area contributed by atoms with E-state index in [2.05, 4.69) is 5.32 Å². The van der Waals surface area contributed by atoms with Crippen LogP contribution in [0.5, 0.6) is 5.75 Å². The molecule has 1 amide bonds. The average molecular weight is 212 g/mol. The number of anilines is 1. The third-order valence-electron chi connectivity index (χ3n) is 1.32. The fourth-order valence-electron chi connectivity index (χ4n) is 0.748. The number of carbonyl (C=O) groups is 1. The molecular weight excluding hydrogens is 196 g/mol. The molecule has 0 saturated heterocycles. The van der Waals surface area contributed by atoms with Gasteiger partial charge in [0.05, 0.1) is 6.61 Å². The SMILES string of the molecule is CC(=O)Nc1ccc(O)cc1.NCCO. The van der Waals surface area contributed by atoms with Crippen LogP contribution in [0.2, 0.25) is 0 Å². The molecule has 0 radical (unpaired) electrons. The third kappa shape index (κ3) is 7.48. The molecule has 0 unspecified atom stereocenters. The number of hydrogen-bond donors (Lipinski definition) is 4. The van der Waals surface area contributed by atoms with Crippen LogP contribution in [0, 0.1) is 0 Å². The summed E-state index contributed by atoms with van der Waals surface area (Å²) in [6.07, 6.45) is 0. The average Bonchev–Trinajstić information content (AvgIpc) is 2.21. The summed E-state index contributed by atoms with van der Waals surface area (Å²) in [7, 11) is 0. The van der Waals surface area contributed by atoms with Gasteiger partial charge in [-0.15, -0.1) is 0 Å². The minimum Gasteiger partial charge on any atom is -0.508 e. The van der Waals surface area contributed by atoms with Crippen molar-refractivity contribution >= 4 is 11.6 Å². The van der Waals surface area contributed by atoms with Crippen LogP contribution in [-0.2, 0) is 4.79 Å². The maximum Gasteiger partial charge on any atom is 0.221 e. The number of aliphatic hydroxyl groups excluding tert-OH is 1. The topological polar surface area (TPSA) is 95.6 Å². The first kappa shape index (κ1) is 13.4. The van der Waals surface area contributed by atoms with Gasteiger partial charge in [-0.3, -0.25) is 4.79 Å². The Bertz CT molecular complexity index is 283. The van der Waals surface area contributed by atoms with Gasteiger partial charge in [0.25, 0.3) is 0 Å². The molecule has 0 spiro atoms. The lowest BCUT2D eigenvalue weighted by molar-refractivity contribution is -0.114. The Hall–Kier alpha value is -1.59. The van der Waals surface area contributed by atoms with Crippen LogP contribution < -0.4 is 11.1 Å². The molecule has 0 aromatic heterocycles. The summed E-state index contributed by atoms with van der Waals surface area (Å²) >= 11 is 0. The summed E-state index contributed by atoms with van der Waals surface area (Å²) in [6, 6.07) is 6.31. The molecule has 1 rings (SSSR count). The maximum atomic E-state index is 10.5. The number of phenols is 1. The van der Waals surface area contributed by atoms with Gasteiger partial charge in [-0.05, 0) is 24.3 Å². The molecule has 5 N–H and O–H groups in total. The van der Waals surface area contributed by atoms with Crippen LogP contribution in [-0.4, -0.2) is 29.3 Å². The monoisotopic (exact) mass is 212 g/mol. The van der Waals surface area contributed by atoms with Gasteiger partial charge in [0.1, 0.15) is 5.75 Å². The molecule has 0 aliphatic carbocycles. The van der Waals surface area contributed by atoms with E-state index < -0.39 is 0 Å². The van der Waals surface area contributed by atoms with Crippen molar-refractivity contribution in [3.05, 3.63) is 24.3 Å². The number of nitrogens with two attached hydrogens (primary N) is 1. The Morgan fingerprint density at radius 3 is 2.20 bits per heavy atom. The molecule has 0 fully saturated rings. The van der Waals surface area contributed by atoms with E-state index in [1.165, 1.54) is 19.1 Å². The van der Waals surface area contributed by atoms with Gasteiger partial charge in [-0.2, -0.15) is 0 Å². The van der Waals surface area contributed by atoms with Gasteiger partial charge in [-0.25, -0.2) is 0 Å². The van der Waals surface area contributed by atoms with Crippen LogP contribution in [0.3, 0.4) is 0 Å². The van der Waals surface area contributed by atoms with Crippen LogP contribution >= 0.6 is 0 Å². The number of hydrogen-bond acceptors (Lipinski definition) is 4. The van der Waals surface area contributed by atoms with Crippen LogP contribution in [0.25, 0.3) is 0 Å². The summed E-state index contributed by atoms with van der Waals surface area (Å²) in [5, 5.41) is 19.2. The zero-order chi connectivity index (χ0) is 11.7. The predicted molar refractivity (Wildman–Crippen MR) is 58.6 cm³/mol. The molecule has 5 heteroatoms. The summed E-state index contributed by atoms with van der Waals surface area (Å²) in [6.45, 7) is 1.91. The van der Waals surface area contributed by atoms with Crippen molar-refractivity contribution in [2.24, 2.45) is 5.73 Å². The van der Waals surface area contributed by atoms with Crippen molar-refractivity contribution in [2.75, 3.05) is 18.5 Å². The molecule has 1 aromatic rings. The van der Waals surface area contributed by atoms with Crippen LogP contribution in [0.4, 0.5) is 5.69 Å². The van der Waals surface area contributed by atoms with Crippen molar-refractivity contribution in [3.63, 3.8) is 0 Å². The van der Waals surface area contributed by atoms with E-state index in [4.69, 9.17) is 15.9 Å². The molecule has 84 valence electrons. The van der Waals surface area contributed by atoms with E-state index in [0.717, 1.165) is 0 Å². The first-order valence-electron chi connectivity index (χ1n) is 4.47. The van der Waals surface area contributed by atoms with E-state index in [1.807, 2.05) is 0 Å². The quantitative estimate of drug-likeness (QED) is 0.530. The first-order chi connectivity index (χ1) is 7.10. The molecule has 5 nitrogen and oxygen atoms in total. The van der Waals surface area contributed by atoms with Crippen LogP contribution in [0.1, 0.15) is 6.92 Å². The summed E-state index contributed by atoms with van der Waals surface area (Å²) < 4.78 is 0. The zero-order valence-corrected chi connectivity index (χ0v) is 8.60. The number of phenolic OH excluding ortho intramolecular Hbond substituents is 1. The van der Waals surface area contributed by atoms with E-state index in [9.17, 15) is 4.79 Å². The zero-order valence-electron chi connectivity index (χ0n) is 8.60. The lowest BCUT2D eigenvalue weighted by atomic mass is 10.3. The molecule has 0 saturated carbocycles. The van der Waals surface area contributed by atoms with Crippen LogP contribution in [0.15, 0.2) is 24.3 Å². The van der Waals surface area contributed by atoms with Gasteiger partial charge in [0, 0.05) is 19.2 Å². The summed E-state index contributed by atoms with van der Waals surface area (Å²) in [5.74, 6) is 0.0785. The van der Waals surface area contributed by atoms with Gasteiger partial charge in [-0.1, -0.05) is 0 Å². The standard InChI is InChI=1S/C8H9NO2.C2H7NO/c1-6(10)9-7-2-4-8(11)5-3-7;3-1-2-4/h2-5,11H,1H3,(H,9,10);4H,1-3H2. The number of rotatable bonds is 2. The number of benzene rings is 1. The highest BCUT2D eigenvalue weighted by Gasteiger charge is 1.93. The minimum absolute atomic E-state index is 0.0972. The lowest BCUT2D eigenvalue weighted by Gasteiger charge is -1.99. The second-order valence-electron chi connectivity index (χ2n) is 2.74. The van der Waals surface area contributed by atoms with E-state index in [0.29, 0.717) is 12.2 Å². The highest BCUT2D eigenvalue weighted by molar-refractivity contribution is 5.88. The highest BCUT2D eigenvalue weighted by atomic mass is 16.3. The smallest absolute Gasteiger partial charge is 0.221 e. The van der Waals surface area contributed by atoms with Crippen molar-refractivity contribution in [1.29, 1.82) is 0 Å². The van der Waals surface area contributed by atoms with E-state index in [-0.39, 0.29) is 18.3 Å². The van der Waals surface area contributed by atoms with Crippen molar-refractivity contribution < 1.29 is 15.0 Å². The number of carbonyl (C=O) groups excluding carboxylic acids is 1. The van der Waals surface area contributed by atoms with Gasteiger partial charge < -0.3 is 21.3 Å². The molecule has 0 aliphatic heterocycles. The Balaban J connectivity index is 0.000000423.